The first kappa shape index (κ1) is 13.4. The highest BCUT2D eigenvalue weighted by molar-refractivity contribution is 5.61. The molecule has 0 aromatic heterocycles. The zero-order valence-electron chi connectivity index (χ0n) is 11.6. The molecule has 0 radical (unpaired) electrons. The Hall–Kier alpha value is -1.06. The minimum Gasteiger partial charge on any atom is -0.394 e. The minimum atomic E-state index is -0.434. The van der Waals surface area contributed by atoms with Crippen molar-refractivity contribution >= 4 is 5.69 Å². The van der Waals surface area contributed by atoms with Crippen LogP contribution in [-0.2, 0) is 0 Å². The van der Waals surface area contributed by atoms with E-state index >= 15 is 0 Å². The van der Waals surface area contributed by atoms with Gasteiger partial charge in [-0.15, -0.1) is 0 Å². The van der Waals surface area contributed by atoms with E-state index in [1.165, 1.54) is 16.8 Å². The highest BCUT2D eigenvalue weighted by Gasteiger charge is 2.35. The predicted molar refractivity (Wildman–Crippen MR) is 76.1 cm³/mol. The van der Waals surface area contributed by atoms with Crippen LogP contribution in [0.25, 0.3) is 0 Å². The molecule has 1 aliphatic rings. The Kier molecular flexibility index (Phi) is 3.64. The summed E-state index contributed by atoms with van der Waals surface area (Å²) in [7, 11) is 0. The molecule has 0 saturated carbocycles. The van der Waals surface area contributed by atoms with Crippen molar-refractivity contribution in [1.82, 2.24) is 0 Å². The van der Waals surface area contributed by atoms with Gasteiger partial charge < -0.3 is 15.7 Å². The summed E-state index contributed by atoms with van der Waals surface area (Å²) in [5, 5.41) is 9.39. The molecule has 1 atom stereocenters. The molecule has 1 aromatic carbocycles. The number of nitrogens with two attached hydrogens (primary N) is 1. The van der Waals surface area contributed by atoms with Crippen molar-refractivity contribution in [3.8, 4) is 0 Å². The second kappa shape index (κ2) is 4.90. The molecule has 0 spiro atoms. The maximum Gasteiger partial charge on any atom is 0.0629 e. The Labute approximate surface area is 110 Å². The average molecular weight is 248 g/mol. The van der Waals surface area contributed by atoms with E-state index in [-0.39, 0.29) is 6.61 Å². The Morgan fingerprint density at radius 2 is 2.17 bits per heavy atom. The van der Waals surface area contributed by atoms with Gasteiger partial charge in [0.25, 0.3) is 0 Å². The van der Waals surface area contributed by atoms with Gasteiger partial charge >= 0.3 is 0 Å². The lowest BCUT2D eigenvalue weighted by Crippen LogP contribution is -2.46. The predicted octanol–water partition coefficient (Wildman–Crippen LogP) is 2.02. The van der Waals surface area contributed by atoms with Gasteiger partial charge in [0.05, 0.1) is 12.1 Å². The number of aliphatic hydroxyl groups is 1. The lowest BCUT2D eigenvalue weighted by molar-refractivity contribution is 0.210. The van der Waals surface area contributed by atoms with Gasteiger partial charge in [-0.3, -0.25) is 0 Å². The number of rotatable bonds is 3. The Bertz CT molecular complexity index is 431. The first-order chi connectivity index (χ1) is 8.47. The van der Waals surface area contributed by atoms with Gasteiger partial charge in [0.15, 0.2) is 0 Å². The van der Waals surface area contributed by atoms with Crippen LogP contribution >= 0.6 is 0 Å². The molecule has 3 nitrogen and oxygen atoms in total. The first-order valence-corrected chi connectivity index (χ1v) is 6.71. The van der Waals surface area contributed by atoms with Crippen LogP contribution in [0.1, 0.15) is 37.3 Å². The summed E-state index contributed by atoms with van der Waals surface area (Å²) < 4.78 is 0. The van der Waals surface area contributed by atoms with Crippen molar-refractivity contribution in [3.05, 3.63) is 29.3 Å². The van der Waals surface area contributed by atoms with Crippen LogP contribution in [0.5, 0.6) is 0 Å². The zero-order chi connectivity index (χ0) is 13.3. The van der Waals surface area contributed by atoms with Crippen molar-refractivity contribution in [2.24, 2.45) is 5.73 Å². The summed E-state index contributed by atoms with van der Waals surface area (Å²) in [5.41, 5.74) is 9.72. The molecular formula is C15H24N2O. The summed E-state index contributed by atoms with van der Waals surface area (Å²) in [4.78, 5) is 2.33. The molecule has 18 heavy (non-hydrogen) atoms. The van der Waals surface area contributed by atoms with Crippen molar-refractivity contribution in [2.75, 3.05) is 24.6 Å². The van der Waals surface area contributed by atoms with Crippen LogP contribution in [0.3, 0.4) is 0 Å². The Morgan fingerprint density at radius 3 is 2.72 bits per heavy atom. The fourth-order valence-electron chi connectivity index (χ4n) is 2.80. The highest BCUT2D eigenvalue weighted by atomic mass is 16.3. The van der Waals surface area contributed by atoms with E-state index in [2.05, 4.69) is 43.9 Å². The van der Waals surface area contributed by atoms with Crippen LogP contribution in [-0.4, -0.2) is 30.3 Å². The van der Waals surface area contributed by atoms with E-state index in [1.807, 2.05) is 0 Å². The Balaban J connectivity index is 2.34. The number of anilines is 1. The summed E-state index contributed by atoms with van der Waals surface area (Å²) in [6.07, 6.45) is 0.857. The molecule has 3 heteroatoms. The number of benzene rings is 1. The molecular weight excluding hydrogens is 224 g/mol. The van der Waals surface area contributed by atoms with Crippen molar-refractivity contribution in [2.45, 2.75) is 38.6 Å². The molecule has 3 N–H and O–H groups in total. The van der Waals surface area contributed by atoms with Crippen molar-refractivity contribution < 1.29 is 5.11 Å². The quantitative estimate of drug-likeness (QED) is 0.860. The van der Waals surface area contributed by atoms with Gasteiger partial charge in [0.2, 0.25) is 0 Å². The SMILES string of the molecule is Cc1cccc(C(C)C)c1N1CCC(N)(CO)C1. The molecule has 2 rings (SSSR count). The number of aryl methyl sites for hydroxylation is 1. The summed E-state index contributed by atoms with van der Waals surface area (Å²) in [5.74, 6) is 0.502. The number of para-hydroxylation sites is 1. The van der Waals surface area contributed by atoms with Gasteiger partial charge in [0, 0.05) is 18.8 Å². The number of hydrogen-bond donors (Lipinski definition) is 2. The minimum absolute atomic E-state index is 0.0619. The normalized spacial score (nSPS) is 24.0. The first-order valence-electron chi connectivity index (χ1n) is 6.71. The second-order valence-corrected chi connectivity index (χ2v) is 5.86. The highest BCUT2D eigenvalue weighted by Crippen LogP contribution is 2.34. The average Bonchev–Trinajstić information content (AvgIpc) is 2.72. The molecule has 1 heterocycles. The van der Waals surface area contributed by atoms with Gasteiger partial charge in [-0.1, -0.05) is 32.0 Å². The molecule has 1 aliphatic heterocycles. The van der Waals surface area contributed by atoms with Gasteiger partial charge in [-0.25, -0.2) is 0 Å². The van der Waals surface area contributed by atoms with Crippen molar-refractivity contribution in [3.63, 3.8) is 0 Å². The third-order valence-electron chi connectivity index (χ3n) is 3.91. The number of aliphatic hydroxyl groups excluding tert-OH is 1. The van der Waals surface area contributed by atoms with E-state index in [0.717, 1.165) is 19.5 Å². The zero-order valence-corrected chi connectivity index (χ0v) is 11.6. The molecule has 0 aliphatic carbocycles. The van der Waals surface area contributed by atoms with Gasteiger partial charge in [-0.05, 0) is 30.4 Å². The standard InChI is InChI=1S/C15H24N2O/c1-11(2)13-6-4-5-12(3)14(13)17-8-7-15(16,9-17)10-18/h4-6,11,18H,7-10,16H2,1-3H3. The largest absolute Gasteiger partial charge is 0.394 e. The fraction of sp³-hybridized carbons (Fsp3) is 0.600. The lowest BCUT2D eigenvalue weighted by Gasteiger charge is -2.28. The fourth-order valence-corrected chi connectivity index (χ4v) is 2.80. The smallest absolute Gasteiger partial charge is 0.0629 e. The molecule has 1 aromatic rings. The molecule has 1 fully saturated rings. The number of nitrogens with zero attached hydrogens (tertiary/aromatic N) is 1. The van der Waals surface area contributed by atoms with Gasteiger partial charge in [0.1, 0.15) is 0 Å². The maximum absolute atomic E-state index is 9.39. The van der Waals surface area contributed by atoms with E-state index in [4.69, 9.17) is 5.73 Å². The number of hydrogen-bond acceptors (Lipinski definition) is 3. The summed E-state index contributed by atoms with van der Waals surface area (Å²) in [6, 6.07) is 6.46. The lowest BCUT2D eigenvalue weighted by atomic mass is 9.97. The molecule has 1 saturated heterocycles. The molecule has 1 unspecified atom stereocenters. The molecule has 0 amide bonds. The van der Waals surface area contributed by atoms with Crippen LogP contribution < -0.4 is 10.6 Å². The van der Waals surface area contributed by atoms with Crippen LogP contribution in [0.4, 0.5) is 5.69 Å². The van der Waals surface area contributed by atoms with Crippen LogP contribution in [0.15, 0.2) is 18.2 Å². The monoisotopic (exact) mass is 248 g/mol. The third-order valence-corrected chi connectivity index (χ3v) is 3.91. The summed E-state index contributed by atoms with van der Waals surface area (Å²) in [6.45, 7) is 8.32. The van der Waals surface area contributed by atoms with E-state index in [9.17, 15) is 5.11 Å². The van der Waals surface area contributed by atoms with Gasteiger partial charge in [-0.2, -0.15) is 0 Å². The second-order valence-electron chi connectivity index (χ2n) is 5.86. The van der Waals surface area contributed by atoms with Crippen molar-refractivity contribution in [1.29, 1.82) is 0 Å². The third kappa shape index (κ3) is 2.38. The molecule has 100 valence electrons. The maximum atomic E-state index is 9.39. The molecule has 0 bridgehead atoms. The summed E-state index contributed by atoms with van der Waals surface area (Å²) >= 11 is 0. The van der Waals surface area contributed by atoms with Crippen LogP contribution in [0, 0.1) is 6.92 Å². The van der Waals surface area contributed by atoms with E-state index in [1.54, 1.807) is 0 Å². The Morgan fingerprint density at radius 1 is 1.44 bits per heavy atom. The van der Waals surface area contributed by atoms with E-state index < -0.39 is 5.54 Å². The van der Waals surface area contributed by atoms with Crippen LogP contribution in [0.2, 0.25) is 0 Å². The topological polar surface area (TPSA) is 49.5 Å². The van der Waals surface area contributed by atoms with E-state index in [0.29, 0.717) is 5.92 Å².